The van der Waals surface area contributed by atoms with Crippen LogP contribution in [0.3, 0.4) is 0 Å². The molecule has 3 nitrogen and oxygen atoms in total. The number of nitrogens with zero attached hydrogens (tertiary/aromatic N) is 1. The summed E-state index contributed by atoms with van der Waals surface area (Å²) < 4.78 is 0. The van der Waals surface area contributed by atoms with Crippen molar-refractivity contribution in [1.82, 2.24) is 9.97 Å². The van der Waals surface area contributed by atoms with E-state index in [0.717, 1.165) is 12.2 Å². The second kappa shape index (κ2) is 15.0. The molecule has 0 spiro atoms. The number of hydrogen-bond acceptors (Lipinski definition) is 3. The third kappa shape index (κ3) is 9.61. The maximum Gasteiger partial charge on any atom is 0.106 e. The smallest absolute Gasteiger partial charge is 0.106 e. The first-order valence-electron chi connectivity index (χ1n) is 5.07. The third-order valence-corrected chi connectivity index (χ3v) is 2.14. The van der Waals surface area contributed by atoms with Crippen LogP contribution < -0.4 is 5.73 Å². The van der Waals surface area contributed by atoms with Crippen LogP contribution in [0.2, 0.25) is 0 Å². The van der Waals surface area contributed by atoms with Gasteiger partial charge in [-0.05, 0) is 12.8 Å². The molecule has 0 fully saturated rings. The summed E-state index contributed by atoms with van der Waals surface area (Å²) in [5.41, 5.74) is 4.50. The molecular weight excluding hydrogens is 194 g/mol. The van der Waals surface area contributed by atoms with Crippen LogP contribution in [0.4, 0.5) is 0 Å². The summed E-state index contributed by atoms with van der Waals surface area (Å²) in [4.78, 5) is 7.19. The van der Waals surface area contributed by atoms with Crippen LogP contribution in [0.5, 0.6) is 0 Å². The topological polar surface area (TPSA) is 54.7 Å². The molecule has 4 heteroatoms. The lowest BCUT2D eigenvalue weighted by atomic mass is 10.5. The van der Waals surface area contributed by atoms with E-state index in [0.29, 0.717) is 0 Å². The van der Waals surface area contributed by atoms with Crippen molar-refractivity contribution in [3.05, 3.63) is 18.2 Å². The Hall–Kier alpha value is -0.480. The molecule has 1 rings (SSSR count). The first-order valence-corrected chi connectivity index (χ1v) is 6.22. The fourth-order valence-corrected chi connectivity index (χ4v) is 1.37. The zero-order chi connectivity index (χ0) is 11.2. The quantitative estimate of drug-likeness (QED) is 0.761. The highest BCUT2D eigenvalue weighted by atomic mass is 32.2. The van der Waals surface area contributed by atoms with E-state index < -0.39 is 0 Å². The Bertz CT molecular complexity index is 164. The molecule has 14 heavy (non-hydrogen) atoms. The molecule has 0 saturated carbocycles. The predicted octanol–water partition coefficient (Wildman–Crippen LogP) is 2.31. The second-order valence-electron chi connectivity index (χ2n) is 1.98. The lowest BCUT2D eigenvalue weighted by Gasteiger charge is -1.93. The fraction of sp³-hybridized carbons (Fsp3) is 0.700. The average Bonchev–Trinajstić information content (AvgIpc) is 2.77. The zero-order valence-electron chi connectivity index (χ0n) is 9.71. The Morgan fingerprint density at radius 2 is 2.07 bits per heavy atom. The molecule has 1 heterocycles. The molecule has 0 aromatic carbocycles. The van der Waals surface area contributed by atoms with Crippen molar-refractivity contribution in [3.8, 4) is 0 Å². The third-order valence-electron chi connectivity index (χ3n) is 1.24. The number of thioether (sulfide) groups is 1. The van der Waals surface area contributed by atoms with Gasteiger partial charge in [-0.2, -0.15) is 11.8 Å². The summed E-state index contributed by atoms with van der Waals surface area (Å²) in [5, 5.41) is 0. The summed E-state index contributed by atoms with van der Waals surface area (Å²) in [7, 11) is 1.50. The fourth-order valence-electron chi connectivity index (χ4n) is 0.748. The first-order chi connectivity index (χ1) is 6.93. The molecule has 1 aromatic heterocycles. The Morgan fingerprint density at radius 3 is 2.50 bits per heavy atom. The highest BCUT2D eigenvalue weighted by Crippen LogP contribution is 2.01. The molecule has 0 atom stereocenters. The van der Waals surface area contributed by atoms with Gasteiger partial charge >= 0.3 is 0 Å². The normalized spacial score (nSPS) is 8.07. The van der Waals surface area contributed by atoms with Gasteiger partial charge < -0.3 is 10.7 Å². The highest BCUT2D eigenvalue weighted by Gasteiger charge is 1.92. The number of nitrogens with two attached hydrogens (primary N) is 1. The van der Waals surface area contributed by atoms with E-state index in [1.165, 1.54) is 18.6 Å². The monoisotopic (exact) mass is 217 g/mol. The molecule has 0 aliphatic rings. The molecule has 84 valence electrons. The van der Waals surface area contributed by atoms with E-state index >= 15 is 0 Å². The molecule has 3 N–H and O–H groups in total. The maximum atomic E-state index is 4.50. The summed E-state index contributed by atoms with van der Waals surface area (Å²) in [5.74, 6) is 3.46. The van der Waals surface area contributed by atoms with Gasteiger partial charge in [-0.3, -0.25) is 0 Å². The number of aromatic nitrogens is 2. The van der Waals surface area contributed by atoms with Gasteiger partial charge in [-0.25, -0.2) is 4.98 Å². The molecule has 0 bridgehead atoms. The number of aromatic amines is 1. The minimum atomic E-state index is 1.06. The summed E-state index contributed by atoms with van der Waals surface area (Å²) in [6.45, 7) is 6.17. The number of aryl methyl sites for hydroxylation is 1. The Labute approximate surface area is 91.9 Å². The molecule has 0 unspecified atom stereocenters. The van der Waals surface area contributed by atoms with Gasteiger partial charge in [-0.1, -0.05) is 20.8 Å². The van der Waals surface area contributed by atoms with E-state index in [9.17, 15) is 0 Å². The number of hydrogen-bond donors (Lipinski definition) is 2. The van der Waals surface area contributed by atoms with Crippen LogP contribution in [0.25, 0.3) is 0 Å². The van der Waals surface area contributed by atoms with Gasteiger partial charge in [0.1, 0.15) is 5.82 Å². The minimum absolute atomic E-state index is 1.06. The van der Waals surface area contributed by atoms with Crippen molar-refractivity contribution in [3.63, 3.8) is 0 Å². The molecular formula is C10H23N3S. The molecule has 0 aliphatic carbocycles. The van der Waals surface area contributed by atoms with Crippen molar-refractivity contribution >= 4 is 11.8 Å². The van der Waals surface area contributed by atoms with Gasteiger partial charge in [0, 0.05) is 24.6 Å². The van der Waals surface area contributed by atoms with Gasteiger partial charge in [0.25, 0.3) is 0 Å². The van der Waals surface area contributed by atoms with Crippen LogP contribution in [0.15, 0.2) is 12.4 Å². The van der Waals surface area contributed by atoms with Crippen molar-refractivity contribution in [1.29, 1.82) is 0 Å². The summed E-state index contributed by atoms with van der Waals surface area (Å²) in [6.07, 6.45) is 4.73. The predicted molar refractivity (Wildman–Crippen MR) is 66.8 cm³/mol. The van der Waals surface area contributed by atoms with Crippen LogP contribution in [0, 0.1) is 0 Å². The number of imidazole rings is 1. The first kappa shape index (κ1) is 16.0. The van der Waals surface area contributed by atoms with Gasteiger partial charge in [0.15, 0.2) is 0 Å². The Balaban J connectivity index is 0. The molecule has 0 aliphatic heterocycles. The second-order valence-corrected chi connectivity index (χ2v) is 3.38. The maximum absolute atomic E-state index is 4.50. The molecule has 0 radical (unpaired) electrons. The van der Waals surface area contributed by atoms with E-state index in [-0.39, 0.29) is 0 Å². The minimum Gasteiger partial charge on any atom is -0.349 e. The van der Waals surface area contributed by atoms with E-state index in [1.807, 2.05) is 31.8 Å². The van der Waals surface area contributed by atoms with E-state index in [4.69, 9.17) is 0 Å². The van der Waals surface area contributed by atoms with Gasteiger partial charge in [0.2, 0.25) is 0 Å². The van der Waals surface area contributed by atoms with Crippen LogP contribution in [0.1, 0.15) is 26.6 Å². The molecule has 1 aromatic rings. The SMILES string of the molecule is CC.CCSCCc1ncc[nH]1.CN. The Morgan fingerprint density at radius 1 is 1.43 bits per heavy atom. The van der Waals surface area contributed by atoms with Crippen molar-refractivity contribution < 1.29 is 0 Å². The van der Waals surface area contributed by atoms with Crippen molar-refractivity contribution in [2.75, 3.05) is 18.6 Å². The van der Waals surface area contributed by atoms with Crippen LogP contribution in [-0.4, -0.2) is 28.5 Å². The number of H-pyrrole nitrogens is 1. The van der Waals surface area contributed by atoms with Crippen LogP contribution in [-0.2, 0) is 6.42 Å². The summed E-state index contributed by atoms with van der Waals surface area (Å²) in [6, 6.07) is 0. The summed E-state index contributed by atoms with van der Waals surface area (Å²) >= 11 is 1.95. The lowest BCUT2D eigenvalue weighted by Crippen LogP contribution is -1.90. The van der Waals surface area contributed by atoms with Gasteiger partial charge in [0.05, 0.1) is 0 Å². The molecule has 0 saturated heterocycles. The number of nitrogens with one attached hydrogen (secondary N) is 1. The number of rotatable bonds is 4. The van der Waals surface area contributed by atoms with Gasteiger partial charge in [-0.15, -0.1) is 0 Å². The Kier molecular flexibility index (Phi) is 17.1. The average molecular weight is 217 g/mol. The van der Waals surface area contributed by atoms with E-state index in [2.05, 4.69) is 22.6 Å². The molecule has 0 amide bonds. The van der Waals surface area contributed by atoms with Crippen LogP contribution >= 0.6 is 11.8 Å². The largest absolute Gasteiger partial charge is 0.349 e. The van der Waals surface area contributed by atoms with Crippen molar-refractivity contribution in [2.45, 2.75) is 27.2 Å². The van der Waals surface area contributed by atoms with Crippen molar-refractivity contribution in [2.24, 2.45) is 5.73 Å². The highest BCUT2D eigenvalue weighted by molar-refractivity contribution is 7.99. The standard InChI is InChI=1S/C7H12N2S.C2H6.CH5N/c1-2-10-6-3-7-8-4-5-9-7;2*1-2/h4-5H,2-3,6H2,1H3,(H,8,9);1-2H3;2H2,1H3. The van der Waals surface area contributed by atoms with E-state index in [1.54, 1.807) is 6.20 Å². The lowest BCUT2D eigenvalue weighted by molar-refractivity contribution is 0.999. The zero-order valence-corrected chi connectivity index (χ0v) is 10.5.